The predicted molar refractivity (Wildman–Crippen MR) is 89.7 cm³/mol. The Morgan fingerprint density at radius 1 is 1.41 bits per heavy atom. The fraction of sp³-hybridized carbons (Fsp3) is 0.300. The van der Waals surface area contributed by atoms with Crippen molar-refractivity contribution in [3.05, 3.63) is 35.9 Å². The average molecular weight is 496 g/mol. The zero-order chi connectivity index (χ0) is 12.7. The second kappa shape index (κ2) is 8.90. The van der Waals surface area contributed by atoms with Gasteiger partial charge in [-0.3, -0.25) is 4.79 Å². The van der Waals surface area contributed by atoms with E-state index in [-0.39, 0.29) is 14.3 Å². The van der Waals surface area contributed by atoms with Gasteiger partial charge in [-0.25, -0.2) is 0 Å². The summed E-state index contributed by atoms with van der Waals surface area (Å²) in [7, 11) is 1.40. The highest BCUT2D eigenvalue weighted by molar-refractivity contribution is 14.3. The van der Waals surface area contributed by atoms with Crippen LogP contribution in [0.5, 0.6) is 0 Å². The first-order valence-electron chi connectivity index (χ1n) is 4.69. The first-order chi connectivity index (χ1) is 8.15. The lowest BCUT2D eigenvalue weighted by Crippen LogP contribution is -2.18. The normalized spacial score (nSPS) is 12.5. The van der Waals surface area contributed by atoms with Crippen molar-refractivity contribution in [1.29, 1.82) is 0 Å². The van der Waals surface area contributed by atoms with Crippen LogP contribution in [-0.4, -0.2) is 19.7 Å². The maximum Gasteiger partial charge on any atom is 0.315 e. The van der Waals surface area contributed by atoms with E-state index in [0.717, 1.165) is 5.56 Å². The van der Waals surface area contributed by atoms with Gasteiger partial charge in [0.25, 0.3) is 0 Å². The van der Waals surface area contributed by atoms with Crippen molar-refractivity contribution >= 4 is 64.1 Å². The summed E-state index contributed by atoms with van der Waals surface area (Å²) in [6, 6.07) is 9.55. The van der Waals surface area contributed by atoms with E-state index in [1.54, 1.807) is 0 Å². The lowest BCUT2D eigenvalue weighted by atomic mass is 10.0. The summed E-state index contributed by atoms with van der Waals surface area (Å²) >= 11 is 6.02. The van der Waals surface area contributed by atoms with E-state index in [4.69, 9.17) is 8.92 Å². The van der Waals surface area contributed by atoms with Gasteiger partial charge < -0.3 is 8.92 Å². The number of hydrogen-bond acceptors (Lipinski definition) is 4. The topological polar surface area (TPSA) is 35.5 Å². The molecule has 1 aromatic carbocycles. The summed E-state index contributed by atoms with van der Waals surface area (Å²) in [5.41, 5.74) is 0.922. The van der Waals surface area contributed by atoms with Crippen molar-refractivity contribution in [2.24, 2.45) is 0 Å². The van der Waals surface area contributed by atoms with Crippen LogP contribution in [0.3, 0.4) is 0 Å². The zero-order valence-electron chi connectivity index (χ0n) is 9.01. The molecule has 17 heavy (non-hydrogen) atoms. The molecule has 94 valence electrons. The van der Waals surface area contributed by atoms with E-state index in [2.05, 4.69) is 44.1 Å². The molecule has 1 rings (SSSR count). The van der Waals surface area contributed by atoms with Crippen molar-refractivity contribution < 1.29 is 13.7 Å². The highest BCUT2D eigenvalue weighted by atomic mass is 127. The van der Waals surface area contributed by atoms with E-state index in [9.17, 15) is 4.79 Å². The Kier molecular flexibility index (Phi) is 8.35. The molecule has 0 amide bonds. The molecule has 3 nitrogen and oxygen atoms in total. The minimum Gasteiger partial charge on any atom is -0.468 e. The molecule has 1 atom stereocenters. The second-order valence-electron chi connectivity index (χ2n) is 3.05. The molecule has 0 saturated heterocycles. The van der Waals surface area contributed by atoms with Crippen LogP contribution < -0.4 is 0 Å². The number of rotatable bonds is 6. The maximum atomic E-state index is 11.7. The van der Waals surface area contributed by atoms with Gasteiger partial charge in [-0.15, -0.1) is 0 Å². The Morgan fingerprint density at radius 2 is 2.06 bits per heavy atom. The number of benzene rings is 1. The van der Waals surface area contributed by atoms with Gasteiger partial charge in [0, 0.05) is 11.7 Å². The molecule has 1 aromatic rings. The molecule has 0 aromatic heterocycles. The van der Waals surface area contributed by atoms with Gasteiger partial charge in [-0.05, 0) is 49.6 Å². The Hall–Kier alpha value is 0.890. The van der Waals surface area contributed by atoms with E-state index in [1.807, 2.05) is 30.3 Å². The van der Waals surface area contributed by atoms with E-state index < -0.39 is 0 Å². The number of carbonyl (C=O) groups is 1. The van der Waals surface area contributed by atoms with Crippen LogP contribution in [0, 0.1) is 0 Å². The molecule has 0 heterocycles. The first kappa shape index (κ1) is 15.9. The zero-order valence-corrected chi connectivity index (χ0v) is 15.0. The van der Waals surface area contributed by atoms with Crippen molar-refractivity contribution in [1.82, 2.24) is 0 Å². The van der Waals surface area contributed by atoms with Gasteiger partial charge >= 0.3 is 5.97 Å². The molecule has 1 unspecified atom stereocenters. The van der Waals surface area contributed by atoms with E-state index >= 15 is 0 Å². The van der Waals surface area contributed by atoms with Crippen LogP contribution >= 0.6 is 58.2 Å². The highest BCUT2D eigenvalue weighted by Gasteiger charge is 2.22. The van der Waals surface area contributed by atoms with E-state index in [1.165, 1.54) is 18.8 Å². The van der Waals surface area contributed by atoms with Crippen LogP contribution in [0.1, 0.15) is 11.5 Å². The summed E-state index contributed by atoms with van der Waals surface area (Å²) in [5, 5.41) is 0. The lowest BCUT2D eigenvalue weighted by Gasteiger charge is -2.14. The lowest BCUT2D eigenvalue weighted by molar-refractivity contribution is -0.143. The Bertz CT molecular complexity index is 351. The molecule has 0 aliphatic carbocycles. The Labute approximate surface area is 132 Å². The van der Waals surface area contributed by atoms with Crippen molar-refractivity contribution in [3.8, 4) is 0 Å². The van der Waals surface area contributed by atoms with Crippen molar-refractivity contribution in [3.63, 3.8) is 0 Å². The monoisotopic (exact) mass is 496 g/mol. The first-order valence-corrected chi connectivity index (χ1v) is 12.9. The van der Waals surface area contributed by atoms with Crippen molar-refractivity contribution in [2.45, 2.75) is 5.92 Å². The molecule has 0 saturated carbocycles. The molecule has 0 aliphatic rings. The van der Waals surface area contributed by atoms with Crippen LogP contribution in [0.2, 0.25) is 0 Å². The van der Waals surface area contributed by atoms with Gasteiger partial charge in [-0.1, -0.05) is 30.3 Å². The molecule has 0 bridgehead atoms. The molecule has 0 N–H and O–H groups in total. The standard InChI is InChI=1S/C10H11I2O3PS/c1-14-10(13)9(7-15-17-16(11)12)8-5-3-2-4-6-8/h2-6,9H,7H2,1H3. The van der Waals surface area contributed by atoms with Gasteiger partial charge in [0.05, 0.1) is 13.7 Å². The molecule has 0 spiro atoms. The number of halogens is 2. The van der Waals surface area contributed by atoms with Crippen LogP contribution in [0.15, 0.2) is 30.3 Å². The maximum absolute atomic E-state index is 11.7. The van der Waals surface area contributed by atoms with Crippen LogP contribution in [0.4, 0.5) is 0 Å². The number of ether oxygens (including phenoxy) is 1. The number of methoxy groups -OCH3 is 1. The largest absolute Gasteiger partial charge is 0.468 e. The predicted octanol–water partition coefficient (Wildman–Crippen LogP) is 4.70. The summed E-state index contributed by atoms with van der Waals surface area (Å²) in [6.07, 6.45) is 0. The van der Waals surface area contributed by atoms with Gasteiger partial charge in [0.15, 0.2) is 0 Å². The summed E-state index contributed by atoms with van der Waals surface area (Å²) in [6.45, 7) is 0.339. The smallest absolute Gasteiger partial charge is 0.315 e. The highest BCUT2D eigenvalue weighted by Crippen LogP contribution is 2.65. The molecule has 7 heteroatoms. The van der Waals surface area contributed by atoms with E-state index in [0.29, 0.717) is 6.61 Å². The summed E-state index contributed by atoms with van der Waals surface area (Å²) in [5.74, 6) is -0.612. The van der Waals surface area contributed by atoms with Crippen molar-refractivity contribution in [2.75, 3.05) is 13.7 Å². The van der Waals surface area contributed by atoms with Gasteiger partial charge in [-0.2, -0.15) is 0 Å². The quantitative estimate of drug-likeness (QED) is 0.248. The Balaban J connectivity index is 2.65. The summed E-state index contributed by atoms with van der Waals surface area (Å²) < 4.78 is 10.0. The molecule has 0 radical (unpaired) electrons. The van der Waals surface area contributed by atoms with Gasteiger partial charge in [0.1, 0.15) is 8.33 Å². The number of hydrogen-bond donors (Lipinski definition) is 0. The molecular formula is C10H11I2O3PS. The second-order valence-corrected chi connectivity index (χ2v) is 20.6. The molecule has 0 aliphatic heterocycles. The number of carbonyl (C=O) groups excluding carboxylic acids is 1. The fourth-order valence-electron chi connectivity index (χ4n) is 1.27. The minimum atomic E-state index is -0.351. The fourth-order valence-corrected chi connectivity index (χ4v) is 4.01. The minimum absolute atomic E-state index is 0.241. The van der Waals surface area contributed by atoms with Crippen LogP contribution in [-0.2, 0) is 13.7 Å². The average Bonchev–Trinajstić information content (AvgIpc) is 2.34. The SMILES string of the molecule is COC(=O)C(COSP(I)I)c1ccccc1. The molecular weight excluding hydrogens is 485 g/mol. The summed E-state index contributed by atoms with van der Waals surface area (Å²) in [4.78, 5) is 11.7. The van der Waals surface area contributed by atoms with Gasteiger partial charge in [0.2, 0.25) is 0 Å². The third-order valence-corrected chi connectivity index (χ3v) is 5.93. The Morgan fingerprint density at radius 3 is 2.59 bits per heavy atom. The van der Waals surface area contributed by atoms with Crippen LogP contribution in [0.25, 0.3) is 0 Å². The molecule has 0 fully saturated rings. The third kappa shape index (κ3) is 6.04. The number of esters is 1. The third-order valence-electron chi connectivity index (χ3n) is 2.03.